The van der Waals surface area contributed by atoms with Crippen LogP contribution in [-0.4, -0.2) is 11.5 Å². The lowest BCUT2D eigenvalue weighted by Gasteiger charge is -2.04. The summed E-state index contributed by atoms with van der Waals surface area (Å²) in [4.78, 5) is 4.53. The number of thiazole rings is 1. The molecule has 4 heteroatoms. The van der Waals surface area contributed by atoms with E-state index < -0.39 is 0 Å². The van der Waals surface area contributed by atoms with E-state index in [9.17, 15) is 0 Å². The smallest absolute Gasteiger partial charge is 0.183 e. The van der Waals surface area contributed by atoms with Crippen molar-refractivity contribution in [1.29, 1.82) is 0 Å². The second kappa shape index (κ2) is 6.39. The standard InChI is InChI=1S/C14H19ClN2S/c1-10(2)5-3-4-8-16-14-17-12-9-11(15)6-7-13(12)18-14/h6-7,9-10H,3-5,8H2,1-2H3,(H,16,17). The topological polar surface area (TPSA) is 24.9 Å². The summed E-state index contributed by atoms with van der Waals surface area (Å²) in [5.41, 5.74) is 0.984. The van der Waals surface area contributed by atoms with Gasteiger partial charge in [0.2, 0.25) is 0 Å². The lowest BCUT2D eigenvalue weighted by atomic mass is 10.1. The quantitative estimate of drug-likeness (QED) is 0.738. The molecule has 1 N–H and O–H groups in total. The number of anilines is 1. The summed E-state index contributed by atoms with van der Waals surface area (Å²) in [5.74, 6) is 0.801. The lowest BCUT2D eigenvalue weighted by molar-refractivity contribution is 0.545. The lowest BCUT2D eigenvalue weighted by Crippen LogP contribution is -2.01. The highest BCUT2D eigenvalue weighted by molar-refractivity contribution is 7.22. The molecular weight excluding hydrogens is 264 g/mol. The van der Waals surface area contributed by atoms with Crippen molar-refractivity contribution in [2.75, 3.05) is 11.9 Å². The fourth-order valence-corrected chi connectivity index (χ4v) is 2.89. The maximum atomic E-state index is 5.95. The molecule has 0 aliphatic heterocycles. The normalized spacial score (nSPS) is 11.3. The molecule has 1 heterocycles. The van der Waals surface area contributed by atoms with Crippen molar-refractivity contribution < 1.29 is 0 Å². The number of benzene rings is 1. The van der Waals surface area contributed by atoms with Crippen LogP contribution in [0.5, 0.6) is 0 Å². The van der Waals surface area contributed by atoms with E-state index in [1.165, 1.54) is 24.0 Å². The Balaban J connectivity index is 1.84. The van der Waals surface area contributed by atoms with Crippen molar-refractivity contribution in [3.63, 3.8) is 0 Å². The Hall–Kier alpha value is -0.800. The van der Waals surface area contributed by atoms with E-state index in [1.807, 2.05) is 18.2 Å². The summed E-state index contributed by atoms with van der Waals surface area (Å²) in [5, 5.41) is 5.14. The van der Waals surface area contributed by atoms with Gasteiger partial charge in [-0.25, -0.2) is 4.98 Å². The highest BCUT2D eigenvalue weighted by Gasteiger charge is 2.03. The van der Waals surface area contributed by atoms with Gasteiger partial charge in [0.15, 0.2) is 5.13 Å². The van der Waals surface area contributed by atoms with E-state index in [-0.39, 0.29) is 0 Å². The highest BCUT2D eigenvalue weighted by Crippen LogP contribution is 2.27. The largest absolute Gasteiger partial charge is 0.361 e. The van der Waals surface area contributed by atoms with Crippen LogP contribution >= 0.6 is 22.9 Å². The SMILES string of the molecule is CC(C)CCCCNc1nc2cc(Cl)ccc2s1. The number of fused-ring (bicyclic) bond motifs is 1. The molecule has 0 unspecified atom stereocenters. The second-order valence-electron chi connectivity index (χ2n) is 4.95. The Labute approximate surface area is 117 Å². The molecule has 0 atom stereocenters. The number of unbranched alkanes of at least 4 members (excludes halogenated alkanes) is 1. The molecule has 1 aromatic carbocycles. The highest BCUT2D eigenvalue weighted by atomic mass is 35.5. The minimum absolute atomic E-state index is 0.747. The van der Waals surface area contributed by atoms with Crippen molar-refractivity contribution in [2.45, 2.75) is 33.1 Å². The Kier molecular flexibility index (Phi) is 4.84. The minimum Gasteiger partial charge on any atom is -0.361 e. The molecule has 0 bridgehead atoms. The van der Waals surface area contributed by atoms with Gasteiger partial charge in [-0.3, -0.25) is 0 Å². The van der Waals surface area contributed by atoms with Gasteiger partial charge < -0.3 is 5.32 Å². The summed E-state index contributed by atoms with van der Waals surface area (Å²) in [6.45, 7) is 5.54. The van der Waals surface area contributed by atoms with Crippen LogP contribution in [0.3, 0.4) is 0 Å². The van der Waals surface area contributed by atoms with Crippen LogP contribution in [0.4, 0.5) is 5.13 Å². The van der Waals surface area contributed by atoms with Gasteiger partial charge in [0.05, 0.1) is 10.2 Å². The zero-order valence-corrected chi connectivity index (χ0v) is 12.4. The van der Waals surface area contributed by atoms with Gasteiger partial charge in [-0.05, 0) is 30.5 Å². The van der Waals surface area contributed by atoms with E-state index in [0.29, 0.717) is 0 Å². The van der Waals surface area contributed by atoms with Crippen molar-refractivity contribution in [3.05, 3.63) is 23.2 Å². The summed E-state index contributed by atoms with van der Waals surface area (Å²) in [7, 11) is 0. The van der Waals surface area contributed by atoms with Crippen molar-refractivity contribution in [2.24, 2.45) is 5.92 Å². The van der Waals surface area contributed by atoms with E-state index in [1.54, 1.807) is 11.3 Å². The zero-order valence-electron chi connectivity index (χ0n) is 10.9. The van der Waals surface area contributed by atoms with Crippen LogP contribution in [-0.2, 0) is 0 Å². The molecule has 18 heavy (non-hydrogen) atoms. The molecule has 0 fully saturated rings. The first-order valence-electron chi connectivity index (χ1n) is 6.45. The third-order valence-electron chi connectivity index (χ3n) is 2.83. The van der Waals surface area contributed by atoms with Crippen molar-refractivity contribution in [1.82, 2.24) is 4.98 Å². The first-order chi connectivity index (χ1) is 8.65. The Bertz CT molecular complexity index is 507. The minimum atomic E-state index is 0.747. The van der Waals surface area contributed by atoms with Gasteiger partial charge in [0, 0.05) is 11.6 Å². The van der Waals surface area contributed by atoms with Gasteiger partial charge in [0.25, 0.3) is 0 Å². The summed E-state index contributed by atoms with van der Waals surface area (Å²) in [6, 6.07) is 5.85. The average molecular weight is 283 g/mol. The van der Waals surface area contributed by atoms with E-state index >= 15 is 0 Å². The summed E-state index contributed by atoms with van der Waals surface area (Å²) < 4.78 is 1.18. The summed E-state index contributed by atoms with van der Waals surface area (Å²) in [6.07, 6.45) is 3.79. The number of hydrogen-bond acceptors (Lipinski definition) is 3. The number of nitrogens with zero attached hydrogens (tertiary/aromatic N) is 1. The molecule has 2 rings (SSSR count). The van der Waals surface area contributed by atoms with Crippen LogP contribution in [0.25, 0.3) is 10.2 Å². The third kappa shape index (κ3) is 3.85. The number of rotatable bonds is 6. The van der Waals surface area contributed by atoms with Gasteiger partial charge in [-0.15, -0.1) is 0 Å². The number of nitrogens with one attached hydrogen (secondary N) is 1. The van der Waals surface area contributed by atoms with Gasteiger partial charge in [-0.1, -0.05) is 49.6 Å². The summed E-state index contributed by atoms with van der Waals surface area (Å²) >= 11 is 7.64. The van der Waals surface area contributed by atoms with Crippen LogP contribution in [0.15, 0.2) is 18.2 Å². The Morgan fingerprint density at radius 3 is 2.94 bits per heavy atom. The van der Waals surface area contributed by atoms with Gasteiger partial charge >= 0.3 is 0 Å². The molecule has 0 saturated heterocycles. The molecule has 0 amide bonds. The van der Waals surface area contributed by atoms with Crippen LogP contribution < -0.4 is 5.32 Å². The molecule has 98 valence electrons. The van der Waals surface area contributed by atoms with Crippen molar-refractivity contribution >= 4 is 38.3 Å². The Morgan fingerprint density at radius 1 is 1.33 bits per heavy atom. The molecule has 2 aromatic rings. The van der Waals surface area contributed by atoms with Crippen LogP contribution in [0, 0.1) is 5.92 Å². The monoisotopic (exact) mass is 282 g/mol. The third-order valence-corrected chi connectivity index (χ3v) is 4.06. The fourth-order valence-electron chi connectivity index (χ4n) is 1.85. The predicted octanol–water partition coefficient (Wildman–Crippen LogP) is 5.19. The maximum absolute atomic E-state index is 5.95. The zero-order chi connectivity index (χ0) is 13.0. The van der Waals surface area contributed by atoms with E-state index in [2.05, 4.69) is 24.1 Å². The van der Waals surface area contributed by atoms with E-state index in [4.69, 9.17) is 11.6 Å². The molecule has 0 saturated carbocycles. The van der Waals surface area contributed by atoms with Crippen LogP contribution in [0.2, 0.25) is 5.02 Å². The molecule has 0 spiro atoms. The van der Waals surface area contributed by atoms with Gasteiger partial charge in [-0.2, -0.15) is 0 Å². The fraction of sp³-hybridized carbons (Fsp3) is 0.500. The van der Waals surface area contributed by atoms with Crippen molar-refractivity contribution in [3.8, 4) is 0 Å². The number of aromatic nitrogens is 1. The first-order valence-corrected chi connectivity index (χ1v) is 7.64. The van der Waals surface area contributed by atoms with E-state index in [0.717, 1.165) is 28.1 Å². The number of halogens is 1. The molecule has 0 aliphatic carbocycles. The Morgan fingerprint density at radius 2 is 2.17 bits per heavy atom. The first kappa shape index (κ1) is 13.6. The number of hydrogen-bond donors (Lipinski definition) is 1. The molecule has 0 aliphatic rings. The second-order valence-corrected chi connectivity index (χ2v) is 6.41. The molecular formula is C14H19ClN2S. The van der Waals surface area contributed by atoms with Gasteiger partial charge in [0.1, 0.15) is 0 Å². The average Bonchev–Trinajstić information content (AvgIpc) is 2.70. The molecule has 0 radical (unpaired) electrons. The molecule has 1 aromatic heterocycles. The maximum Gasteiger partial charge on any atom is 0.183 e. The molecule has 2 nitrogen and oxygen atoms in total. The van der Waals surface area contributed by atoms with Crippen LogP contribution in [0.1, 0.15) is 33.1 Å². The predicted molar refractivity (Wildman–Crippen MR) is 81.8 cm³/mol.